The molecule has 1 aromatic carbocycles. The average Bonchev–Trinajstić information content (AvgIpc) is 2.30. The zero-order valence-electron chi connectivity index (χ0n) is 9.35. The maximum absolute atomic E-state index is 8.82. The fourth-order valence-corrected chi connectivity index (χ4v) is 1.62. The summed E-state index contributed by atoms with van der Waals surface area (Å²) >= 11 is 0. The van der Waals surface area contributed by atoms with Crippen molar-refractivity contribution >= 4 is 11.4 Å². The van der Waals surface area contributed by atoms with E-state index in [0.29, 0.717) is 5.69 Å². The van der Waals surface area contributed by atoms with E-state index in [2.05, 4.69) is 9.88 Å². The molecular weight excluding hydrogens is 314 g/mol. The zero-order chi connectivity index (χ0) is 9.80. The molecule has 1 fully saturated rings. The van der Waals surface area contributed by atoms with Gasteiger partial charge in [-0.05, 0) is 6.07 Å². The van der Waals surface area contributed by atoms with Crippen molar-refractivity contribution in [3.63, 3.8) is 0 Å². The Kier molecular flexibility index (Phi) is 10.7. The second kappa shape index (κ2) is 9.61. The van der Waals surface area contributed by atoms with Gasteiger partial charge in [-0.25, -0.2) is 0 Å². The molecule has 0 N–H and O–H groups in total. The molecule has 2 rings (SSSR count). The van der Waals surface area contributed by atoms with Gasteiger partial charge in [-0.15, -0.1) is 0 Å². The summed E-state index contributed by atoms with van der Waals surface area (Å²) < 4.78 is 5.26. The molecule has 0 amide bonds. The van der Waals surface area contributed by atoms with Crippen LogP contribution in [-0.4, -0.2) is 26.3 Å². The predicted octanol–water partition coefficient (Wildman–Crippen LogP) is -3.99. The van der Waals surface area contributed by atoms with Crippen LogP contribution in [0, 0.1) is 5.39 Å². The van der Waals surface area contributed by atoms with E-state index in [9.17, 15) is 0 Å². The molecule has 0 aliphatic carbocycles. The van der Waals surface area contributed by atoms with E-state index in [4.69, 9.17) is 10.1 Å². The van der Waals surface area contributed by atoms with Crippen molar-refractivity contribution < 1.29 is 49.0 Å². The van der Waals surface area contributed by atoms with Gasteiger partial charge in [0.05, 0.1) is 13.2 Å². The number of anilines is 1. The molecule has 17 heavy (non-hydrogen) atoms. The second-order valence-corrected chi connectivity index (χ2v) is 3.19. The van der Waals surface area contributed by atoms with Crippen LogP contribution < -0.4 is 29.7 Å². The van der Waals surface area contributed by atoms with E-state index >= 15 is 0 Å². The SMILES string of the molecule is N#[N+]c1ccccc1N1CCOCC1.[Cl-].[Cl-].[Zn]. The van der Waals surface area contributed by atoms with Gasteiger partial charge in [0.2, 0.25) is 5.39 Å². The van der Waals surface area contributed by atoms with E-state index in [0.717, 1.165) is 32.0 Å². The Bertz CT molecular complexity index is 367. The van der Waals surface area contributed by atoms with Gasteiger partial charge in [0, 0.05) is 38.6 Å². The van der Waals surface area contributed by atoms with Crippen LogP contribution in [0.3, 0.4) is 0 Å². The minimum atomic E-state index is 0. The Balaban J connectivity index is 0. The van der Waals surface area contributed by atoms with Gasteiger partial charge in [0.15, 0.2) is 4.98 Å². The minimum Gasteiger partial charge on any atom is -1.00 e. The molecule has 1 aromatic rings. The number of halogens is 2. The quantitative estimate of drug-likeness (QED) is 0.390. The largest absolute Gasteiger partial charge is 1.00 e. The molecular formula is C10H12Cl2N3OZn-. The zero-order valence-corrected chi connectivity index (χ0v) is 13.8. The number of benzene rings is 1. The summed E-state index contributed by atoms with van der Waals surface area (Å²) in [5.74, 6) is 0. The fraction of sp³-hybridized carbons (Fsp3) is 0.400. The molecule has 0 aromatic heterocycles. The van der Waals surface area contributed by atoms with Crippen molar-refractivity contribution in [3.05, 3.63) is 29.2 Å². The number of ether oxygens (including phenoxy) is 1. The molecule has 4 nitrogen and oxygen atoms in total. The van der Waals surface area contributed by atoms with Gasteiger partial charge in [-0.2, -0.15) is 0 Å². The van der Waals surface area contributed by atoms with Gasteiger partial charge >= 0.3 is 5.69 Å². The van der Waals surface area contributed by atoms with Crippen molar-refractivity contribution in [1.29, 1.82) is 5.39 Å². The molecule has 1 aliphatic heterocycles. The monoisotopic (exact) mass is 324 g/mol. The van der Waals surface area contributed by atoms with Crippen molar-refractivity contribution in [2.45, 2.75) is 0 Å². The standard InChI is InChI=1S/C10H12N3O.2ClH.Zn/c11-12-9-3-1-2-4-10(9)13-5-7-14-8-6-13;;;/h1-4H,5-8H2;2*1H;/q+1;;;/p-2. The van der Waals surface area contributed by atoms with E-state index in [-0.39, 0.29) is 44.3 Å². The van der Waals surface area contributed by atoms with Crippen LogP contribution in [-0.2, 0) is 24.2 Å². The second-order valence-electron chi connectivity index (χ2n) is 3.19. The van der Waals surface area contributed by atoms with Crippen LogP contribution in [0.4, 0.5) is 11.4 Å². The maximum atomic E-state index is 8.82. The predicted molar refractivity (Wildman–Crippen MR) is 54.2 cm³/mol. The normalized spacial score (nSPS) is 13.5. The first-order chi connectivity index (χ1) is 6.92. The fourth-order valence-electron chi connectivity index (χ4n) is 1.62. The number of rotatable bonds is 1. The molecule has 0 bridgehead atoms. The number of para-hydroxylation sites is 1. The van der Waals surface area contributed by atoms with E-state index < -0.39 is 0 Å². The van der Waals surface area contributed by atoms with Crippen LogP contribution >= 0.6 is 0 Å². The Hall–Kier alpha value is -0.397. The van der Waals surface area contributed by atoms with Gasteiger partial charge in [-0.3, -0.25) is 0 Å². The van der Waals surface area contributed by atoms with Crippen LogP contribution in [0.25, 0.3) is 4.98 Å². The summed E-state index contributed by atoms with van der Waals surface area (Å²) in [7, 11) is 0. The molecule has 0 unspecified atom stereocenters. The Labute approximate surface area is 126 Å². The summed E-state index contributed by atoms with van der Waals surface area (Å²) in [5, 5.41) is 8.82. The molecule has 1 saturated heterocycles. The summed E-state index contributed by atoms with van der Waals surface area (Å²) in [6.45, 7) is 3.18. The van der Waals surface area contributed by atoms with Crippen LogP contribution in [0.15, 0.2) is 24.3 Å². The van der Waals surface area contributed by atoms with E-state index in [1.54, 1.807) is 6.07 Å². The molecule has 1 aliphatic rings. The van der Waals surface area contributed by atoms with E-state index in [1.165, 1.54) is 0 Å². The third-order valence-electron chi connectivity index (χ3n) is 2.34. The third-order valence-corrected chi connectivity index (χ3v) is 2.34. The number of diazo groups is 1. The molecule has 1 heterocycles. The maximum Gasteiger partial charge on any atom is 0.408 e. The molecule has 0 spiro atoms. The van der Waals surface area contributed by atoms with Crippen LogP contribution in [0.5, 0.6) is 0 Å². The summed E-state index contributed by atoms with van der Waals surface area (Å²) in [6.07, 6.45) is 0. The topological polar surface area (TPSA) is 40.6 Å². The molecule has 0 radical (unpaired) electrons. The summed E-state index contributed by atoms with van der Waals surface area (Å²) in [5.41, 5.74) is 1.59. The van der Waals surface area contributed by atoms with Gasteiger partial charge in [0.1, 0.15) is 5.69 Å². The molecule has 0 saturated carbocycles. The number of morpholine rings is 1. The molecule has 7 heteroatoms. The van der Waals surface area contributed by atoms with Crippen LogP contribution in [0.2, 0.25) is 0 Å². The van der Waals surface area contributed by atoms with Gasteiger partial charge in [-0.1, -0.05) is 12.1 Å². The summed E-state index contributed by atoms with van der Waals surface area (Å²) in [4.78, 5) is 5.43. The van der Waals surface area contributed by atoms with Crippen LogP contribution in [0.1, 0.15) is 0 Å². The van der Waals surface area contributed by atoms with Gasteiger partial charge in [0.25, 0.3) is 0 Å². The number of hydrogen-bond donors (Lipinski definition) is 0. The Morgan fingerprint density at radius 3 is 2.29 bits per heavy atom. The molecule has 90 valence electrons. The summed E-state index contributed by atoms with van der Waals surface area (Å²) in [6, 6.07) is 7.56. The number of nitrogens with zero attached hydrogens (tertiary/aromatic N) is 3. The smallest absolute Gasteiger partial charge is 0.408 e. The number of hydrogen-bond acceptors (Lipinski definition) is 3. The Morgan fingerprint density at radius 2 is 1.71 bits per heavy atom. The van der Waals surface area contributed by atoms with Crippen molar-refractivity contribution in [2.24, 2.45) is 0 Å². The Morgan fingerprint density at radius 1 is 1.12 bits per heavy atom. The first-order valence-electron chi connectivity index (χ1n) is 4.68. The van der Waals surface area contributed by atoms with Crippen molar-refractivity contribution in [2.75, 3.05) is 31.2 Å². The van der Waals surface area contributed by atoms with E-state index in [1.807, 2.05) is 18.2 Å². The van der Waals surface area contributed by atoms with Crippen molar-refractivity contribution in [1.82, 2.24) is 0 Å². The third kappa shape index (κ3) is 4.77. The molecule has 0 atom stereocenters. The van der Waals surface area contributed by atoms with Crippen molar-refractivity contribution in [3.8, 4) is 0 Å². The first kappa shape index (κ1) is 19.0. The minimum absolute atomic E-state index is 0. The first-order valence-corrected chi connectivity index (χ1v) is 4.68. The average molecular weight is 327 g/mol. The van der Waals surface area contributed by atoms with Gasteiger partial charge < -0.3 is 34.5 Å².